The van der Waals surface area contributed by atoms with E-state index in [1.807, 2.05) is 6.07 Å². The third-order valence-electron chi connectivity index (χ3n) is 3.60. The average molecular weight is 240 g/mol. The molecule has 0 unspecified atom stereocenters. The highest BCUT2D eigenvalue weighted by Crippen LogP contribution is 2.47. The molecular weight excluding hydrogens is 222 g/mol. The van der Waals surface area contributed by atoms with Crippen molar-refractivity contribution in [3.63, 3.8) is 0 Å². The summed E-state index contributed by atoms with van der Waals surface area (Å²) >= 11 is 6.03. The van der Waals surface area contributed by atoms with Crippen LogP contribution < -0.4 is 5.32 Å². The zero-order valence-electron chi connectivity index (χ0n) is 9.59. The Bertz CT molecular complexity index is 354. The number of rotatable bonds is 5. The number of phenols is 1. The van der Waals surface area contributed by atoms with Crippen molar-refractivity contribution in [1.29, 1.82) is 0 Å². The minimum Gasteiger partial charge on any atom is -0.508 e. The van der Waals surface area contributed by atoms with Crippen molar-refractivity contribution >= 4 is 11.6 Å². The Kier molecular flexibility index (Phi) is 3.41. The van der Waals surface area contributed by atoms with Crippen molar-refractivity contribution in [2.75, 3.05) is 6.54 Å². The van der Waals surface area contributed by atoms with Gasteiger partial charge in [-0.3, -0.25) is 0 Å². The number of hydrogen-bond donors (Lipinski definition) is 2. The molecule has 2 nitrogen and oxygen atoms in total. The zero-order valence-corrected chi connectivity index (χ0v) is 10.3. The molecule has 1 aromatic carbocycles. The fourth-order valence-corrected chi connectivity index (χ4v) is 2.24. The molecule has 0 amide bonds. The molecular formula is C13H18ClNO. The first kappa shape index (κ1) is 11.7. The first-order valence-electron chi connectivity index (χ1n) is 5.84. The molecule has 3 heteroatoms. The summed E-state index contributed by atoms with van der Waals surface area (Å²) in [6.45, 7) is 3.91. The lowest BCUT2D eigenvalue weighted by atomic mass is 10.0. The van der Waals surface area contributed by atoms with Gasteiger partial charge in [0.05, 0.1) is 0 Å². The molecule has 16 heavy (non-hydrogen) atoms. The highest BCUT2D eigenvalue weighted by molar-refractivity contribution is 6.31. The average Bonchev–Trinajstić information content (AvgIpc) is 3.03. The smallest absolute Gasteiger partial charge is 0.121 e. The van der Waals surface area contributed by atoms with Crippen LogP contribution in [0.15, 0.2) is 18.2 Å². The summed E-state index contributed by atoms with van der Waals surface area (Å²) in [7, 11) is 0. The van der Waals surface area contributed by atoms with Gasteiger partial charge in [-0.15, -0.1) is 0 Å². The molecule has 0 saturated heterocycles. The first-order chi connectivity index (χ1) is 7.67. The molecule has 2 rings (SSSR count). The topological polar surface area (TPSA) is 32.3 Å². The standard InChI is InChI=1S/C13H18ClNO/c1-2-13(6-7-13)9-15-8-10-11(14)4-3-5-12(10)16/h3-5,15-16H,2,6-9H2,1H3. The second kappa shape index (κ2) is 4.64. The fraction of sp³-hybridized carbons (Fsp3) is 0.538. The predicted molar refractivity (Wildman–Crippen MR) is 66.8 cm³/mol. The van der Waals surface area contributed by atoms with Gasteiger partial charge in [0.25, 0.3) is 0 Å². The largest absolute Gasteiger partial charge is 0.508 e. The van der Waals surface area contributed by atoms with E-state index in [0.29, 0.717) is 17.0 Å². The van der Waals surface area contributed by atoms with Crippen LogP contribution in [0.3, 0.4) is 0 Å². The number of benzene rings is 1. The van der Waals surface area contributed by atoms with Gasteiger partial charge >= 0.3 is 0 Å². The summed E-state index contributed by atoms with van der Waals surface area (Å²) < 4.78 is 0. The maximum atomic E-state index is 9.67. The van der Waals surface area contributed by atoms with Crippen LogP contribution in [0, 0.1) is 5.41 Å². The van der Waals surface area contributed by atoms with E-state index in [2.05, 4.69) is 12.2 Å². The highest BCUT2D eigenvalue weighted by Gasteiger charge is 2.39. The molecule has 0 aliphatic heterocycles. The van der Waals surface area contributed by atoms with Crippen LogP contribution in [0.1, 0.15) is 31.7 Å². The maximum absolute atomic E-state index is 9.67. The van der Waals surface area contributed by atoms with E-state index in [4.69, 9.17) is 11.6 Å². The van der Waals surface area contributed by atoms with Crippen molar-refractivity contribution in [2.45, 2.75) is 32.7 Å². The zero-order chi connectivity index (χ0) is 11.6. The summed E-state index contributed by atoms with van der Waals surface area (Å²) in [5.74, 6) is 0.279. The predicted octanol–water partition coefficient (Wildman–Crippen LogP) is 3.33. The molecule has 0 aromatic heterocycles. The lowest BCUT2D eigenvalue weighted by Gasteiger charge is -2.14. The Morgan fingerprint density at radius 2 is 2.19 bits per heavy atom. The summed E-state index contributed by atoms with van der Waals surface area (Å²) in [4.78, 5) is 0. The number of nitrogens with one attached hydrogen (secondary N) is 1. The molecule has 0 bridgehead atoms. The fourth-order valence-electron chi connectivity index (χ4n) is 2.01. The van der Waals surface area contributed by atoms with Crippen LogP contribution in [0.5, 0.6) is 5.75 Å². The van der Waals surface area contributed by atoms with Crippen LogP contribution >= 0.6 is 11.6 Å². The Morgan fingerprint density at radius 3 is 2.75 bits per heavy atom. The van der Waals surface area contributed by atoms with Crippen LogP contribution in [-0.2, 0) is 6.54 Å². The normalized spacial score (nSPS) is 17.4. The number of hydrogen-bond acceptors (Lipinski definition) is 2. The maximum Gasteiger partial charge on any atom is 0.121 e. The lowest BCUT2D eigenvalue weighted by Crippen LogP contribution is -2.23. The third kappa shape index (κ3) is 2.50. The van der Waals surface area contributed by atoms with Crippen LogP contribution in [0.4, 0.5) is 0 Å². The van der Waals surface area contributed by atoms with E-state index in [-0.39, 0.29) is 5.75 Å². The van der Waals surface area contributed by atoms with E-state index in [0.717, 1.165) is 12.1 Å². The van der Waals surface area contributed by atoms with Gasteiger partial charge < -0.3 is 10.4 Å². The van der Waals surface area contributed by atoms with Gasteiger partial charge in [-0.2, -0.15) is 0 Å². The number of aromatic hydroxyl groups is 1. The van der Waals surface area contributed by atoms with Crippen LogP contribution in [0.2, 0.25) is 5.02 Å². The highest BCUT2D eigenvalue weighted by atomic mass is 35.5. The molecule has 2 N–H and O–H groups in total. The molecule has 1 fully saturated rings. The summed E-state index contributed by atoms with van der Waals surface area (Å²) in [6, 6.07) is 5.25. The Labute approximate surface area is 102 Å². The van der Waals surface area contributed by atoms with E-state index < -0.39 is 0 Å². The SMILES string of the molecule is CCC1(CNCc2c(O)cccc2Cl)CC1. The Morgan fingerprint density at radius 1 is 1.44 bits per heavy atom. The molecule has 0 radical (unpaired) electrons. The molecule has 1 aliphatic carbocycles. The molecule has 1 aromatic rings. The monoisotopic (exact) mass is 239 g/mol. The van der Waals surface area contributed by atoms with Crippen molar-refractivity contribution < 1.29 is 5.11 Å². The van der Waals surface area contributed by atoms with Gasteiger partial charge in [0.15, 0.2) is 0 Å². The van der Waals surface area contributed by atoms with Gasteiger partial charge in [0.2, 0.25) is 0 Å². The van der Waals surface area contributed by atoms with E-state index >= 15 is 0 Å². The molecule has 0 heterocycles. The minimum absolute atomic E-state index is 0.279. The first-order valence-corrected chi connectivity index (χ1v) is 6.22. The van der Waals surface area contributed by atoms with Gasteiger partial charge in [-0.25, -0.2) is 0 Å². The molecule has 1 aliphatic rings. The number of halogens is 1. The molecule has 88 valence electrons. The lowest BCUT2D eigenvalue weighted by molar-refractivity contribution is 0.432. The van der Waals surface area contributed by atoms with E-state index in [9.17, 15) is 5.11 Å². The molecule has 0 spiro atoms. The van der Waals surface area contributed by atoms with Crippen LogP contribution in [-0.4, -0.2) is 11.7 Å². The quantitative estimate of drug-likeness (QED) is 0.826. The van der Waals surface area contributed by atoms with Gasteiger partial charge in [-0.05, 0) is 36.8 Å². The Balaban J connectivity index is 1.90. The summed E-state index contributed by atoms with van der Waals surface area (Å²) in [5.41, 5.74) is 1.33. The second-order valence-electron chi connectivity index (χ2n) is 4.69. The van der Waals surface area contributed by atoms with Gasteiger partial charge in [-0.1, -0.05) is 24.6 Å². The van der Waals surface area contributed by atoms with Crippen molar-refractivity contribution in [3.8, 4) is 5.75 Å². The van der Waals surface area contributed by atoms with Crippen molar-refractivity contribution in [3.05, 3.63) is 28.8 Å². The van der Waals surface area contributed by atoms with Gasteiger partial charge in [0, 0.05) is 23.7 Å². The van der Waals surface area contributed by atoms with E-state index in [1.54, 1.807) is 12.1 Å². The van der Waals surface area contributed by atoms with Crippen molar-refractivity contribution in [1.82, 2.24) is 5.32 Å². The minimum atomic E-state index is 0.279. The molecule has 0 atom stereocenters. The summed E-state index contributed by atoms with van der Waals surface area (Å²) in [6.07, 6.45) is 3.88. The second-order valence-corrected chi connectivity index (χ2v) is 5.10. The van der Waals surface area contributed by atoms with Crippen LogP contribution in [0.25, 0.3) is 0 Å². The molecule has 1 saturated carbocycles. The Hall–Kier alpha value is -0.730. The van der Waals surface area contributed by atoms with E-state index in [1.165, 1.54) is 19.3 Å². The summed E-state index contributed by atoms with van der Waals surface area (Å²) in [5, 5.41) is 13.7. The van der Waals surface area contributed by atoms with Gasteiger partial charge in [0.1, 0.15) is 5.75 Å². The number of phenolic OH excluding ortho intramolecular Hbond substituents is 1. The van der Waals surface area contributed by atoms with Crippen molar-refractivity contribution in [2.24, 2.45) is 5.41 Å². The third-order valence-corrected chi connectivity index (χ3v) is 3.96.